The Bertz CT molecular complexity index is 1500. The van der Waals surface area contributed by atoms with Gasteiger partial charge in [-0.1, -0.05) is 30.9 Å². The lowest BCUT2D eigenvalue weighted by Gasteiger charge is -2.26. The monoisotopic (exact) mass is 558 g/mol. The van der Waals surface area contributed by atoms with Gasteiger partial charge in [0.2, 0.25) is 11.8 Å². The van der Waals surface area contributed by atoms with Crippen LogP contribution in [0.5, 0.6) is 5.75 Å². The molecule has 3 atom stereocenters. The van der Waals surface area contributed by atoms with Gasteiger partial charge in [-0.2, -0.15) is 0 Å². The highest BCUT2D eigenvalue weighted by molar-refractivity contribution is 5.90. The van der Waals surface area contributed by atoms with Crippen molar-refractivity contribution in [3.8, 4) is 5.75 Å². The van der Waals surface area contributed by atoms with E-state index in [-0.39, 0.29) is 43.2 Å². The van der Waals surface area contributed by atoms with Crippen LogP contribution in [0.3, 0.4) is 0 Å². The zero-order chi connectivity index (χ0) is 29.1. The molecule has 1 saturated carbocycles. The average Bonchev–Trinajstić information content (AvgIpc) is 3.72. The summed E-state index contributed by atoms with van der Waals surface area (Å²) in [6.07, 6.45) is 6.01. The van der Waals surface area contributed by atoms with Gasteiger partial charge in [-0.05, 0) is 73.2 Å². The number of aromatic nitrogens is 1. The summed E-state index contributed by atoms with van der Waals surface area (Å²) in [7, 11) is 1.62. The number of nitrogens with zero attached hydrogens (tertiary/aromatic N) is 2. The molecule has 8 nitrogen and oxygen atoms in total. The van der Waals surface area contributed by atoms with Crippen molar-refractivity contribution in [3.63, 3.8) is 0 Å². The molecule has 2 aliphatic rings. The van der Waals surface area contributed by atoms with E-state index in [0.717, 1.165) is 16.9 Å². The van der Waals surface area contributed by atoms with Gasteiger partial charge in [0.1, 0.15) is 17.6 Å². The number of nitrogens with one attached hydrogen (secondary N) is 2. The minimum absolute atomic E-state index is 0.0666. The summed E-state index contributed by atoms with van der Waals surface area (Å²) in [6.45, 7) is 5.83. The molecule has 0 radical (unpaired) electrons. The molecule has 2 fully saturated rings. The van der Waals surface area contributed by atoms with E-state index >= 15 is 0 Å². The van der Waals surface area contributed by atoms with Gasteiger partial charge in [0.15, 0.2) is 0 Å². The fourth-order valence-electron chi connectivity index (χ4n) is 5.11. The van der Waals surface area contributed by atoms with Crippen molar-refractivity contribution in [1.82, 2.24) is 20.5 Å². The van der Waals surface area contributed by atoms with Crippen LogP contribution in [0, 0.1) is 11.7 Å². The number of hydrogen-bond donors (Lipinski definition) is 3. The second-order valence-electron chi connectivity index (χ2n) is 10.7. The third-order valence-corrected chi connectivity index (χ3v) is 7.60. The van der Waals surface area contributed by atoms with Crippen LogP contribution in [-0.2, 0) is 9.59 Å². The van der Waals surface area contributed by atoms with Gasteiger partial charge < -0.3 is 25.4 Å². The molecule has 1 saturated heterocycles. The molecule has 1 aliphatic carbocycles. The highest BCUT2D eigenvalue weighted by Crippen LogP contribution is 2.32. The molecule has 2 amide bonds. The molecule has 9 heteroatoms. The normalized spacial score (nSPS) is 19.4. The van der Waals surface area contributed by atoms with Gasteiger partial charge in [-0.3, -0.25) is 9.59 Å². The molecular formula is C32H35FN4O4. The van der Waals surface area contributed by atoms with Crippen LogP contribution in [0.15, 0.2) is 61.2 Å². The maximum atomic E-state index is 13.5. The van der Waals surface area contributed by atoms with Crippen molar-refractivity contribution in [3.05, 3.63) is 83.8 Å². The molecule has 1 aromatic heterocycles. The molecule has 2 unspecified atom stereocenters. The number of pyridine rings is 1. The minimum atomic E-state index is -0.799. The summed E-state index contributed by atoms with van der Waals surface area (Å²) in [4.78, 5) is 32.4. The fourth-order valence-corrected chi connectivity index (χ4v) is 5.11. The van der Waals surface area contributed by atoms with E-state index in [0.29, 0.717) is 28.2 Å². The highest BCUT2D eigenvalue weighted by Gasteiger charge is 2.39. The lowest BCUT2D eigenvalue weighted by molar-refractivity contribution is -0.138. The van der Waals surface area contributed by atoms with E-state index in [1.807, 2.05) is 25.1 Å². The SMILES string of the molecule is C=C(NCC(=O)N1C[C@H](O)CC1C(=O)NC(C)c1ccc(OC)cc1/C=C/C1CC1)c1ccc2cc(F)ccc2n1. The second-order valence-corrected chi connectivity index (χ2v) is 10.7. The van der Waals surface area contributed by atoms with E-state index in [9.17, 15) is 19.1 Å². The molecule has 0 bridgehead atoms. The third kappa shape index (κ3) is 6.74. The van der Waals surface area contributed by atoms with Gasteiger partial charge in [-0.25, -0.2) is 9.37 Å². The summed E-state index contributed by atoms with van der Waals surface area (Å²) >= 11 is 0. The lowest BCUT2D eigenvalue weighted by Crippen LogP contribution is -2.48. The van der Waals surface area contributed by atoms with Crippen LogP contribution in [0.1, 0.15) is 49.0 Å². The van der Waals surface area contributed by atoms with E-state index < -0.39 is 12.1 Å². The van der Waals surface area contributed by atoms with Crippen molar-refractivity contribution >= 4 is 34.5 Å². The number of amides is 2. The number of allylic oxidation sites excluding steroid dienone is 1. The quantitative estimate of drug-likeness (QED) is 0.345. The fraction of sp³-hybridized carbons (Fsp3) is 0.344. The Morgan fingerprint density at radius 3 is 2.78 bits per heavy atom. The number of carbonyl (C=O) groups excluding carboxylic acids is 2. The predicted molar refractivity (Wildman–Crippen MR) is 156 cm³/mol. The van der Waals surface area contributed by atoms with E-state index in [2.05, 4.69) is 34.3 Å². The largest absolute Gasteiger partial charge is 0.497 e. The first kappa shape index (κ1) is 28.3. The molecule has 2 aromatic carbocycles. The highest BCUT2D eigenvalue weighted by atomic mass is 19.1. The molecule has 41 heavy (non-hydrogen) atoms. The first-order valence-corrected chi connectivity index (χ1v) is 13.9. The summed E-state index contributed by atoms with van der Waals surface area (Å²) in [6, 6.07) is 12.4. The summed E-state index contributed by atoms with van der Waals surface area (Å²) in [5.41, 5.74) is 3.46. The average molecular weight is 559 g/mol. The van der Waals surface area contributed by atoms with Crippen LogP contribution in [0.2, 0.25) is 0 Å². The number of aliphatic hydroxyl groups is 1. The number of methoxy groups -OCH3 is 1. The lowest BCUT2D eigenvalue weighted by atomic mass is 9.99. The zero-order valence-electron chi connectivity index (χ0n) is 23.3. The number of ether oxygens (including phenoxy) is 1. The zero-order valence-corrected chi connectivity index (χ0v) is 23.3. The maximum absolute atomic E-state index is 13.5. The third-order valence-electron chi connectivity index (χ3n) is 7.60. The minimum Gasteiger partial charge on any atom is -0.497 e. The van der Waals surface area contributed by atoms with Crippen molar-refractivity contribution < 1.29 is 23.8 Å². The Labute approximate surface area is 238 Å². The molecule has 3 N–H and O–H groups in total. The number of aliphatic hydroxyl groups excluding tert-OH is 1. The summed E-state index contributed by atoms with van der Waals surface area (Å²) in [5, 5.41) is 17.0. The smallest absolute Gasteiger partial charge is 0.243 e. The molecule has 1 aliphatic heterocycles. The second kappa shape index (κ2) is 12.1. The Hall–Kier alpha value is -4.24. The topological polar surface area (TPSA) is 104 Å². The molecule has 214 valence electrons. The summed E-state index contributed by atoms with van der Waals surface area (Å²) in [5.74, 6) is 0.337. The molecule has 2 heterocycles. The Morgan fingerprint density at radius 2 is 2.02 bits per heavy atom. The van der Waals surface area contributed by atoms with Crippen LogP contribution in [0.25, 0.3) is 22.7 Å². The number of β-amino-alcohol motifs (C(OH)–C–C–N with tert-alkyl or cyclic N) is 1. The molecule has 0 spiro atoms. The number of carbonyl (C=O) groups is 2. The number of halogens is 1. The first-order valence-electron chi connectivity index (χ1n) is 13.9. The molecular weight excluding hydrogens is 523 g/mol. The first-order chi connectivity index (χ1) is 19.7. The van der Waals surface area contributed by atoms with Gasteiger partial charge in [-0.15, -0.1) is 0 Å². The van der Waals surface area contributed by atoms with E-state index in [1.54, 1.807) is 25.3 Å². The summed E-state index contributed by atoms with van der Waals surface area (Å²) < 4.78 is 18.9. The van der Waals surface area contributed by atoms with Crippen LogP contribution >= 0.6 is 0 Å². The predicted octanol–water partition coefficient (Wildman–Crippen LogP) is 4.21. The van der Waals surface area contributed by atoms with Crippen molar-refractivity contribution in [2.45, 2.75) is 44.4 Å². The van der Waals surface area contributed by atoms with Gasteiger partial charge in [0.25, 0.3) is 0 Å². The van der Waals surface area contributed by atoms with E-state index in [1.165, 1.54) is 29.9 Å². The van der Waals surface area contributed by atoms with Crippen molar-refractivity contribution in [1.29, 1.82) is 0 Å². The van der Waals surface area contributed by atoms with Crippen LogP contribution in [0.4, 0.5) is 4.39 Å². The van der Waals surface area contributed by atoms with Crippen molar-refractivity contribution in [2.75, 3.05) is 20.2 Å². The number of rotatable bonds is 10. The molecule has 3 aromatic rings. The standard InChI is InChI=1S/C32H35FN4O4/c1-19(27-11-10-26(41-3)15-22(27)7-6-21-4-5-21)35-32(40)30-16-25(38)18-37(30)31(39)17-34-20(2)28-12-8-23-14-24(33)9-13-29(23)36-28/h6-15,19,21,25,30,34,38H,2,4-5,16-18H2,1,3H3,(H,35,40)/b7-6+/t19?,25-,30?/m1/s1. The Kier molecular flexibility index (Phi) is 8.35. The number of likely N-dealkylation sites (tertiary alicyclic amines) is 1. The van der Waals surface area contributed by atoms with Crippen LogP contribution in [-0.4, -0.2) is 59.1 Å². The molecule has 5 rings (SSSR count). The maximum Gasteiger partial charge on any atom is 0.243 e. The van der Waals surface area contributed by atoms with Crippen LogP contribution < -0.4 is 15.4 Å². The number of benzene rings is 2. The number of hydrogen-bond acceptors (Lipinski definition) is 6. The van der Waals surface area contributed by atoms with Gasteiger partial charge in [0.05, 0.1) is 42.7 Å². The van der Waals surface area contributed by atoms with Gasteiger partial charge >= 0.3 is 0 Å². The van der Waals surface area contributed by atoms with E-state index in [4.69, 9.17) is 4.74 Å². The Balaban J connectivity index is 1.22. The number of fused-ring (bicyclic) bond motifs is 1. The van der Waals surface area contributed by atoms with Crippen molar-refractivity contribution in [2.24, 2.45) is 5.92 Å². The Morgan fingerprint density at radius 1 is 1.22 bits per heavy atom. The van der Waals surface area contributed by atoms with Gasteiger partial charge in [0, 0.05) is 18.4 Å².